The number of halogens is 1. The Bertz CT molecular complexity index is 1550. The quantitative estimate of drug-likeness (QED) is 0.279. The van der Waals surface area contributed by atoms with E-state index < -0.39 is 0 Å². The maximum Gasteiger partial charge on any atom is 0.253 e. The Balaban J connectivity index is 1.19. The van der Waals surface area contributed by atoms with Crippen molar-refractivity contribution in [3.63, 3.8) is 0 Å². The van der Waals surface area contributed by atoms with Crippen LogP contribution in [0.5, 0.6) is 0 Å². The molecule has 1 fully saturated rings. The van der Waals surface area contributed by atoms with Crippen LogP contribution in [0.3, 0.4) is 0 Å². The molecule has 40 heavy (non-hydrogen) atoms. The van der Waals surface area contributed by atoms with Crippen LogP contribution in [0.2, 0.25) is 5.02 Å². The third-order valence-corrected chi connectivity index (χ3v) is 7.69. The van der Waals surface area contributed by atoms with Gasteiger partial charge in [-0.3, -0.25) is 9.59 Å². The first-order valence-electron chi connectivity index (χ1n) is 13.5. The van der Waals surface area contributed by atoms with E-state index in [-0.39, 0.29) is 17.7 Å². The van der Waals surface area contributed by atoms with Crippen molar-refractivity contribution in [2.75, 3.05) is 29.0 Å². The maximum atomic E-state index is 13.3. The molecule has 2 aliphatic rings. The van der Waals surface area contributed by atoms with Gasteiger partial charge in [-0.05, 0) is 79.3 Å². The summed E-state index contributed by atoms with van der Waals surface area (Å²) < 4.78 is 0. The van der Waals surface area contributed by atoms with Gasteiger partial charge >= 0.3 is 0 Å². The van der Waals surface area contributed by atoms with Gasteiger partial charge in [0.05, 0.1) is 6.20 Å². The summed E-state index contributed by atoms with van der Waals surface area (Å²) >= 11 is 6.39. The Morgan fingerprint density at radius 3 is 2.52 bits per heavy atom. The monoisotopic (exact) mass is 552 g/mol. The number of anilines is 5. The molecule has 1 aromatic heterocycles. The number of hydrogen-bond donors (Lipinski definition) is 3. The van der Waals surface area contributed by atoms with Crippen LogP contribution in [0, 0.1) is 5.92 Å². The molecule has 6 bridgehead atoms. The number of carbonyl (C=O) groups is 2. The van der Waals surface area contributed by atoms with E-state index in [4.69, 9.17) is 11.6 Å². The highest BCUT2D eigenvalue weighted by Crippen LogP contribution is 2.30. The predicted molar refractivity (Wildman–Crippen MR) is 158 cm³/mol. The molecule has 8 nitrogen and oxygen atoms in total. The van der Waals surface area contributed by atoms with Crippen LogP contribution in [0.1, 0.15) is 34.3 Å². The minimum absolute atomic E-state index is 0.0126. The molecule has 2 aliphatic heterocycles. The van der Waals surface area contributed by atoms with Gasteiger partial charge < -0.3 is 20.9 Å². The first-order valence-corrected chi connectivity index (χ1v) is 13.8. The largest absolute Gasteiger partial charge is 0.339 e. The average Bonchev–Trinajstić information content (AvgIpc) is 2.99. The smallest absolute Gasteiger partial charge is 0.253 e. The van der Waals surface area contributed by atoms with E-state index >= 15 is 0 Å². The first-order chi connectivity index (χ1) is 19.5. The number of rotatable bonds is 3. The van der Waals surface area contributed by atoms with E-state index in [9.17, 15) is 9.59 Å². The highest BCUT2D eigenvalue weighted by atomic mass is 35.5. The fourth-order valence-corrected chi connectivity index (χ4v) is 5.35. The van der Waals surface area contributed by atoms with Crippen LogP contribution in [-0.4, -0.2) is 39.8 Å². The summed E-state index contributed by atoms with van der Waals surface area (Å²) in [4.78, 5) is 36.8. The first kappa shape index (κ1) is 25.8. The highest BCUT2D eigenvalue weighted by molar-refractivity contribution is 6.32. The topological polar surface area (TPSA) is 99.2 Å². The normalized spacial score (nSPS) is 15.0. The Morgan fingerprint density at radius 1 is 0.900 bits per heavy atom. The van der Waals surface area contributed by atoms with Crippen molar-refractivity contribution in [1.82, 2.24) is 14.9 Å². The van der Waals surface area contributed by atoms with Crippen molar-refractivity contribution in [3.05, 3.63) is 101 Å². The van der Waals surface area contributed by atoms with Crippen molar-refractivity contribution in [1.29, 1.82) is 0 Å². The lowest BCUT2D eigenvalue weighted by Crippen LogP contribution is -2.41. The molecular formula is C31H29ClN6O2. The fraction of sp³-hybridized carbons (Fsp3) is 0.226. The summed E-state index contributed by atoms with van der Waals surface area (Å²) in [6.07, 6.45) is 4.36. The number of piperidine rings is 1. The second-order valence-electron chi connectivity index (χ2n) is 10.1. The molecule has 0 atom stereocenters. The van der Waals surface area contributed by atoms with Gasteiger partial charge in [0.25, 0.3) is 5.91 Å². The van der Waals surface area contributed by atoms with E-state index in [1.54, 1.807) is 6.20 Å². The van der Waals surface area contributed by atoms with Crippen LogP contribution in [-0.2, 0) is 17.6 Å². The van der Waals surface area contributed by atoms with Crippen molar-refractivity contribution >= 4 is 52.2 Å². The summed E-state index contributed by atoms with van der Waals surface area (Å²) in [6.45, 7) is 1.13. The SMILES string of the molecule is O=C(Nc1ccc2cc1CCc1cccc(c1)Nc1ncc(Cl)c(n1)N2)C1CCN(C(=O)c2ccccc2)CC1. The van der Waals surface area contributed by atoms with Gasteiger partial charge in [-0.1, -0.05) is 41.9 Å². The molecule has 0 saturated carbocycles. The number of carbonyl (C=O) groups excluding carboxylic acids is 2. The summed E-state index contributed by atoms with van der Waals surface area (Å²) in [6, 6.07) is 23.3. The van der Waals surface area contributed by atoms with Crippen LogP contribution in [0.15, 0.2) is 79.0 Å². The number of amides is 2. The zero-order valence-electron chi connectivity index (χ0n) is 21.9. The van der Waals surface area contributed by atoms with Gasteiger partial charge in [-0.15, -0.1) is 0 Å². The van der Waals surface area contributed by atoms with Crippen LogP contribution < -0.4 is 16.0 Å². The summed E-state index contributed by atoms with van der Waals surface area (Å²) in [5.74, 6) is 0.795. The van der Waals surface area contributed by atoms with Gasteiger partial charge in [-0.2, -0.15) is 4.98 Å². The number of likely N-dealkylation sites (tertiary alicyclic amines) is 1. The van der Waals surface area contributed by atoms with Gasteiger partial charge in [0.2, 0.25) is 11.9 Å². The third-order valence-electron chi connectivity index (χ3n) is 7.41. The molecule has 0 spiro atoms. The summed E-state index contributed by atoms with van der Waals surface area (Å²) in [7, 11) is 0. The molecule has 202 valence electrons. The predicted octanol–water partition coefficient (Wildman–Crippen LogP) is 6.21. The lowest BCUT2D eigenvalue weighted by molar-refractivity contribution is -0.121. The van der Waals surface area contributed by atoms with Gasteiger partial charge in [-0.25, -0.2) is 4.98 Å². The second kappa shape index (κ2) is 11.4. The Morgan fingerprint density at radius 2 is 1.70 bits per heavy atom. The molecule has 0 radical (unpaired) electrons. The lowest BCUT2D eigenvalue weighted by atomic mass is 9.94. The summed E-state index contributed by atoms with van der Waals surface area (Å²) in [5, 5.41) is 10.1. The number of aromatic nitrogens is 2. The molecule has 2 amide bonds. The standard InChI is InChI=1S/C31H29ClN6O2/c32-26-19-33-31-35-24-8-4-5-20(17-24)9-10-23-18-25(34-28(26)37-31)11-12-27(23)36-29(39)21-13-15-38(16-14-21)30(40)22-6-2-1-3-7-22/h1-8,11-12,17-19,21H,9-10,13-16H2,(H,36,39)(H2,33,34,35,37). The highest BCUT2D eigenvalue weighted by Gasteiger charge is 2.28. The van der Waals surface area contributed by atoms with Crippen LogP contribution in [0.4, 0.5) is 28.8 Å². The second-order valence-corrected chi connectivity index (χ2v) is 10.5. The molecule has 0 aliphatic carbocycles. The van der Waals surface area contributed by atoms with Crippen molar-refractivity contribution < 1.29 is 9.59 Å². The third kappa shape index (κ3) is 5.77. The Kier molecular flexibility index (Phi) is 7.33. The number of nitrogens with zero attached hydrogens (tertiary/aromatic N) is 3. The van der Waals surface area contributed by atoms with E-state index in [1.807, 2.05) is 65.6 Å². The minimum Gasteiger partial charge on any atom is -0.339 e. The van der Waals surface area contributed by atoms with Crippen LogP contribution >= 0.6 is 11.6 Å². The number of fused-ring (bicyclic) bond motifs is 6. The average molecular weight is 553 g/mol. The lowest BCUT2D eigenvalue weighted by Gasteiger charge is -2.31. The zero-order chi connectivity index (χ0) is 27.5. The number of benzene rings is 3. The Labute approximate surface area is 237 Å². The maximum absolute atomic E-state index is 13.3. The van der Waals surface area contributed by atoms with Crippen molar-refractivity contribution in [2.45, 2.75) is 25.7 Å². The van der Waals surface area contributed by atoms with E-state index in [0.29, 0.717) is 48.3 Å². The molecular weight excluding hydrogens is 524 g/mol. The van der Waals surface area contributed by atoms with Crippen LogP contribution in [0.25, 0.3) is 0 Å². The Hall–Kier alpha value is -4.43. The molecule has 3 aromatic carbocycles. The summed E-state index contributed by atoms with van der Waals surface area (Å²) in [5.41, 5.74) is 5.35. The fourth-order valence-electron chi connectivity index (χ4n) is 5.21. The number of nitrogens with one attached hydrogen (secondary N) is 3. The molecule has 9 heteroatoms. The van der Waals surface area contributed by atoms with Gasteiger partial charge in [0, 0.05) is 41.6 Å². The van der Waals surface area contributed by atoms with Gasteiger partial charge in [0.15, 0.2) is 5.82 Å². The van der Waals surface area contributed by atoms with E-state index in [1.165, 1.54) is 0 Å². The molecule has 6 rings (SSSR count). The van der Waals surface area contributed by atoms with E-state index in [0.717, 1.165) is 41.0 Å². The van der Waals surface area contributed by atoms with Crippen molar-refractivity contribution in [2.24, 2.45) is 5.92 Å². The molecule has 3 N–H and O–H groups in total. The number of aryl methyl sites for hydroxylation is 2. The molecule has 0 unspecified atom stereocenters. The van der Waals surface area contributed by atoms with Crippen molar-refractivity contribution in [3.8, 4) is 0 Å². The number of hydrogen-bond acceptors (Lipinski definition) is 6. The van der Waals surface area contributed by atoms with E-state index in [2.05, 4.69) is 38.1 Å². The van der Waals surface area contributed by atoms with Gasteiger partial charge in [0.1, 0.15) is 5.02 Å². The molecule has 3 heterocycles. The minimum atomic E-state index is -0.152. The molecule has 1 saturated heterocycles. The molecule has 4 aromatic rings. The zero-order valence-corrected chi connectivity index (χ0v) is 22.6.